The Balaban J connectivity index is 1.68. The van der Waals surface area contributed by atoms with Gasteiger partial charge in [0.05, 0.1) is 6.61 Å². The van der Waals surface area contributed by atoms with Gasteiger partial charge in [0.2, 0.25) is 5.91 Å². The Morgan fingerprint density at radius 1 is 1.27 bits per heavy atom. The summed E-state index contributed by atoms with van der Waals surface area (Å²) >= 11 is 5.89. The van der Waals surface area contributed by atoms with Gasteiger partial charge >= 0.3 is 0 Å². The number of anilines is 1. The van der Waals surface area contributed by atoms with Crippen LogP contribution in [0.1, 0.15) is 29.0 Å². The van der Waals surface area contributed by atoms with Gasteiger partial charge in [0, 0.05) is 16.6 Å². The van der Waals surface area contributed by atoms with E-state index >= 15 is 0 Å². The van der Waals surface area contributed by atoms with Crippen LogP contribution in [0.25, 0.3) is 0 Å². The number of aliphatic hydroxyl groups excluding tert-OH is 1. The van der Waals surface area contributed by atoms with E-state index in [0.29, 0.717) is 5.02 Å². The first-order valence-electron chi connectivity index (χ1n) is 7.35. The van der Waals surface area contributed by atoms with E-state index in [1.807, 2.05) is 49.4 Å². The van der Waals surface area contributed by atoms with Crippen LogP contribution in [0, 0.1) is 12.8 Å². The zero-order chi connectivity index (χ0) is 15.7. The molecule has 3 rings (SSSR count). The maximum atomic E-state index is 12.4. The predicted octanol–water partition coefficient (Wildman–Crippen LogP) is 3.88. The van der Waals surface area contributed by atoms with E-state index in [0.717, 1.165) is 28.8 Å². The average molecular weight is 316 g/mol. The van der Waals surface area contributed by atoms with Gasteiger partial charge in [-0.15, -0.1) is 0 Å². The lowest BCUT2D eigenvalue weighted by atomic mass is 10.1. The van der Waals surface area contributed by atoms with Gasteiger partial charge in [0.1, 0.15) is 0 Å². The van der Waals surface area contributed by atoms with Gasteiger partial charge < -0.3 is 10.4 Å². The van der Waals surface area contributed by atoms with Crippen molar-refractivity contribution in [3.8, 4) is 0 Å². The summed E-state index contributed by atoms with van der Waals surface area (Å²) in [6.45, 7) is 1.92. The molecule has 114 valence electrons. The van der Waals surface area contributed by atoms with Crippen LogP contribution in [-0.2, 0) is 11.4 Å². The van der Waals surface area contributed by atoms with Crippen molar-refractivity contribution >= 4 is 23.2 Å². The number of carbonyl (C=O) groups excluding carboxylic acids is 1. The van der Waals surface area contributed by atoms with Crippen molar-refractivity contribution in [2.75, 3.05) is 5.32 Å². The number of rotatable bonds is 4. The first-order chi connectivity index (χ1) is 10.6. The molecule has 1 aliphatic rings. The first kappa shape index (κ1) is 15.1. The molecule has 3 nitrogen and oxygen atoms in total. The monoisotopic (exact) mass is 315 g/mol. The van der Waals surface area contributed by atoms with Crippen molar-refractivity contribution < 1.29 is 9.90 Å². The number of aliphatic hydroxyl groups is 1. The molecule has 1 saturated carbocycles. The summed E-state index contributed by atoms with van der Waals surface area (Å²) in [5.41, 5.74) is 3.73. The Hall–Kier alpha value is -1.84. The van der Waals surface area contributed by atoms with E-state index in [2.05, 4.69) is 5.32 Å². The summed E-state index contributed by atoms with van der Waals surface area (Å²) in [5.74, 6) is 0.329. The van der Waals surface area contributed by atoms with Crippen molar-refractivity contribution in [1.82, 2.24) is 0 Å². The third-order valence-corrected chi connectivity index (χ3v) is 4.42. The lowest BCUT2D eigenvalue weighted by molar-refractivity contribution is -0.117. The van der Waals surface area contributed by atoms with E-state index in [1.54, 1.807) is 0 Å². The van der Waals surface area contributed by atoms with Gasteiger partial charge in [-0.3, -0.25) is 4.79 Å². The van der Waals surface area contributed by atoms with Crippen molar-refractivity contribution in [2.24, 2.45) is 5.92 Å². The van der Waals surface area contributed by atoms with Crippen LogP contribution in [0.2, 0.25) is 5.02 Å². The first-order valence-corrected chi connectivity index (χ1v) is 7.73. The topological polar surface area (TPSA) is 49.3 Å². The SMILES string of the molecule is Cc1ccc(CO)cc1NC(=O)C1CC1c1ccc(Cl)cc1. The van der Waals surface area contributed by atoms with Crippen LogP contribution in [0.15, 0.2) is 42.5 Å². The molecular formula is C18H18ClNO2. The fourth-order valence-corrected chi connectivity index (χ4v) is 2.82. The number of hydrogen-bond donors (Lipinski definition) is 2. The molecule has 1 fully saturated rings. The second kappa shape index (κ2) is 6.11. The quantitative estimate of drug-likeness (QED) is 0.899. The molecule has 0 aromatic heterocycles. The molecule has 2 unspecified atom stereocenters. The molecule has 2 aromatic carbocycles. The molecule has 0 radical (unpaired) electrons. The number of nitrogens with one attached hydrogen (secondary N) is 1. The molecule has 2 atom stereocenters. The smallest absolute Gasteiger partial charge is 0.228 e. The molecule has 22 heavy (non-hydrogen) atoms. The Bertz CT molecular complexity index is 697. The van der Waals surface area contributed by atoms with E-state index in [4.69, 9.17) is 11.6 Å². The highest BCUT2D eigenvalue weighted by molar-refractivity contribution is 6.30. The van der Waals surface area contributed by atoms with Crippen molar-refractivity contribution in [1.29, 1.82) is 0 Å². The molecule has 2 aromatic rings. The van der Waals surface area contributed by atoms with Crippen molar-refractivity contribution in [3.63, 3.8) is 0 Å². The van der Waals surface area contributed by atoms with Gasteiger partial charge in [0.15, 0.2) is 0 Å². The predicted molar refractivity (Wildman–Crippen MR) is 88.0 cm³/mol. The van der Waals surface area contributed by atoms with Gasteiger partial charge in [-0.1, -0.05) is 35.9 Å². The highest BCUT2D eigenvalue weighted by Crippen LogP contribution is 2.48. The molecule has 1 aliphatic carbocycles. The lowest BCUT2D eigenvalue weighted by Gasteiger charge is -2.10. The van der Waals surface area contributed by atoms with Crippen LogP contribution < -0.4 is 5.32 Å². The summed E-state index contributed by atoms with van der Waals surface area (Å²) < 4.78 is 0. The molecule has 4 heteroatoms. The van der Waals surface area contributed by atoms with Gasteiger partial charge in [-0.05, 0) is 54.2 Å². The summed E-state index contributed by atoms with van der Waals surface area (Å²) in [6, 6.07) is 13.3. The molecule has 0 heterocycles. The summed E-state index contributed by atoms with van der Waals surface area (Å²) in [6.07, 6.45) is 0.867. The van der Waals surface area contributed by atoms with Crippen LogP contribution in [0.5, 0.6) is 0 Å². The highest BCUT2D eigenvalue weighted by atomic mass is 35.5. The molecular weight excluding hydrogens is 298 g/mol. The Kier molecular flexibility index (Phi) is 4.19. The molecule has 0 saturated heterocycles. The summed E-state index contributed by atoms with van der Waals surface area (Å²) in [7, 11) is 0. The third-order valence-electron chi connectivity index (χ3n) is 4.17. The number of hydrogen-bond acceptors (Lipinski definition) is 2. The van der Waals surface area contributed by atoms with Crippen molar-refractivity contribution in [3.05, 3.63) is 64.2 Å². The number of amides is 1. The number of benzene rings is 2. The fourth-order valence-electron chi connectivity index (χ4n) is 2.69. The largest absolute Gasteiger partial charge is 0.392 e. The van der Waals surface area contributed by atoms with Crippen molar-refractivity contribution in [2.45, 2.75) is 25.9 Å². The van der Waals surface area contributed by atoms with Crippen LogP contribution in [0.4, 0.5) is 5.69 Å². The van der Waals surface area contributed by atoms with Crippen LogP contribution in [-0.4, -0.2) is 11.0 Å². The maximum Gasteiger partial charge on any atom is 0.228 e. The third kappa shape index (κ3) is 3.16. The van der Waals surface area contributed by atoms with E-state index in [-0.39, 0.29) is 24.3 Å². The van der Waals surface area contributed by atoms with E-state index in [9.17, 15) is 9.90 Å². The lowest BCUT2D eigenvalue weighted by Crippen LogP contribution is -2.15. The van der Waals surface area contributed by atoms with Gasteiger partial charge in [0.25, 0.3) is 0 Å². The minimum Gasteiger partial charge on any atom is -0.392 e. The molecule has 2 N–H and O–H groups in total. The number of aryl methyl sites for hydroxylation is 1. The molecule has 0 bridgehead atoms. The Labute approximate surface area is 134 Å². The second-order valence-corrected chi connectivity index (χ2v) is 6.23. The van der Waals surface area contributed by atoms with Gasteiger partial charge in [-0.25, -0.2) is 0 Å². The minimum atomic E-state index is -0.0278. The average Bonchev–Trinajstić information content (AvgIpc) is 3.31. The normalized spacial score (nSPS) is 19.8. The van der Waals surface area contributed by atoms with E-state index in [1.165, 1.54) is 0 Å². The number of halogens is 1. The number of carbonyl (C=O) groups is 1. The van der Waals surface area contributed by atoms with E-state index < -0.39 is 0 Å². The molecule has 1 amide bonds. The van der Waals surface area contributed by atoms with Crippen LogP contribution >= 0.6 is 11.6 Å². The summed E-state index contributed by atoms with van der Waals surface area (Å²) in [4.78, 5) is 12.4. The zero-order valence-electron chi connectivity index (χ0n) is 12.3. The van der Waals surface area contributed by atoms with Gasteiger partial charge in [-0.2, -0.15) is 0 Å². The zero-order valence-corrected chi connectivity index (χ0v) is 13.1. The Morgan fingerprint density at radius 3 is 2.68 bits per heavy atom. The standard InChI is InChI=1S/C18H18ClNO2/c1-11-2-3-12(10-21)8-17(11)20-18(22)16-9-15(16)13-4-6-14(19)7-5-13/h2-8,15-16,21H,9-10H2,1H3,(H,20,22). The highest BCUT2D eigenvalue weighted by Gasteiger charge is 2.43. The Morgan fingerprint density at radius 2 is 2.00 bits per heavy atom. The fraction of sp³-hybridized carbons (Fsp3) is 0.278. The second-order valence-electron chi connectivity index (χ2n) is 5.80. The maximum absolute atomic E-state index is 12.4. The summed E-state index contributed by atoms with van der Waals surface area (Å²) in [5, 5.41) is 12.9. The van der Waals surface area contributed by atoms with Crippen LogP contribution in [0.3, 0.4) is 0 Å². The molecule has 0 aliphatic heterocycles. The minimum absolute atomic E-state index is 0.0124. The molecule has 0 spiro atoms.